The highest BCUT2D eigenvalue weighted by Crippen LogP contribution is 2.33. The fourth-order valence-corrected chi connectivity index (χ4v) is 3.27. The molecule has 0 aromatic heterocycles. The van der Waals surface area contributed by atoms with Crippen molar-refractivity contribution in [2.75, 3.05) is 0 Å². The van der Waals surface area contributed by atoms with Crippen molar-refractivity contribution in [3.8, 4) is 0 Å². The van der Waals surface area contributed by atoms with E-state index in [1.54, 1.807) is 11.9 Å². The van der Waals surface area contributed by atoms with Crippen molar-refractivity contribution >= 4 is 43.5 Å². The highest BCUT2D eigenvalue weighted by atomic mass is 79.9. The average Bonchev–Trinajstić information content (AvgIpc) is 2.93. The van der Waals surface area contributed by atoms with Gasteiger partial charge in [0.1, 0.15) is 0 Å². The topological polar surface area (TPSA) is 32.7 Å². The zero-order valence-electron chi connectivity index (χ0n) is 12.0. The minimum atomic E-state index is -0.0475. The quantitative estimate of drug-likeness (QED) is 0.677. The van der Waals surface area contributed by atoms with Crippen LogP contribution in [0.25, 0.3) is 0 Å². The summed E-state index contributed by atoms with van der Waals surface area (Å²) in [5.74, 6) is -0.0444. The molecule has 1 atom stereocenters. The largest absolute Gasteiger partial charge is 0.273 e. The van der Waals surface area contributed by atoms with Crippen LogP contribution in [0, 0.1) is 0 Å². The van der Waals surface area contributed by atoms with Gasteiger partial charge in [-0.25, -0.2) is 5.01 Å². The van der Waals surface area contributed by atoms with Gasteiger partial charge in [0.25, 0.3) is 0 Å². The second-order valence-electron chi connectivity index (χ2n) is 5.19. The number of hydrazone groups is 1. The summed E-state index contributed by atoms with van der Waals surface area (Å²) >= 11 is 6.92. The smallest absolute Gasteiger partial charge is 0.240 e. The molecule has 1 aliphatic rings. The molecule has 0 unspecified atom stereocenters. The predicted octanol–water partition coefficient (Wildman–Crippen LogP) is 4.91. The van der Waals surface area contributed by atoms with Crippen molar-refractivity contribution in [2.45, 2.75) is 19.4 Å². The SMILES string of the molecule is CC(=O)N1N=C(c2ccc(Br)cc2)C[C@H]1c1cccc(Br)c1. The number of carbonyl (C=O) groups is 1. The molecule has 3 nitrogen and oxygen atoms in total. The third-order valence-electron chi connectivity index (χ3n) is 3.64. The first-order valence-electron chi connectivity index (χ1n) is 6.93. The summed E-state index contributed by atoms with van der Waals surface area (Å²) in [4.78, 5) is 11.9. The highest BCUT2D eigenvalue weighted by molar-refractivity contribution is 9.10. The van der Waals surface area contributed by atoms with Crippen LogP contribution in [-0.2, 0) is 4.79 Å². The van der Waals surface area contributed by atoms with Crippen LogP contribution in [0.4, 0.5) is 0 Å². The van der Waals surface area contributed by atoms with Crippen LogP contribution >= 0.6 is 31.9 Å². The molecular weight excluding hydrogens is 408 g/mol. The summed E-state index contributed by atoms with van der Waals surface area (Å²) in [5, 5.41) is 6.13. The fourth-order valence-electron chi connectivity index (χ4n) is 2.59. The molecule has 1 amide bonds. The van der Waals surface area contributed by atoms with Gasteiger partial charge in [0.2, 0.25) is 5.91 Å². The lowest BCUT2D eigenvalue weighted by Crippen LogP contribution is -2.24. The second-order valence-corrected chi connectivity index (χ2v) is 7.02. The van der Waals surface area contributed by atoms with Gasteiger partial charge < -0.3 is 0 Å². The van der Waals surface area contributed by atoms with Crippen LogP contribution in [0.2, 0.25) is 0 Å². The van der Waals surface area contributed by atoms with E-state index in [2.05, 4.69) is 37.0 Å². The van der Waals surface area contributed by atoms with Crippen LogP contribution in [0.5, 0.6) is 0 Å². The zero-order chi connectivity index (χ0) is 15.7. The molecule has 3 rings (SSSR count). The molecule has 0 aliphatic carbocycles. The maximum Gasteiger partial charge on any atom is 0.240 e. The number of amides is 1. The van der Waals surface area contributed by atoms with Crippen LogP contribution < -0.4 is 0 Å². The van der Waals surface area contributed by atoms with Gasteiger partial charge in [-0.3, -0.25) is 4.79 Å². The Hall–Kier alpha value is -1.46. The van der Waals surface area contributed by atoms with Crippen LogP contribution in [-0.4, -0.2) is 16.6 Å². The second kappa shape index (κ2) is 6.34. The molecule has 0 saturated heterocycles. The number of hydrogen-bond donors (Lipinski definition) is 0. The number of carbonyl (C=O) groups excluding carboxylic acids is 1. The number of hydrogen-bond acceptors (Lipinski definition) is 2. The van der Waals surface area contributed by atoms with E-state index in [-0.39, 0.29) is 11.9 Å². The predicted molar refractivity (Wildman–Crippen MR) is 94.7 cm³/mol. The van der Waals surface area contributed by atoms with Gasteiger partial charge in [0.05, 0.1) is 11.8 Å². The summed E-state index contributed by atoms with van der Waals surface area (Å²) in [6.45, 7) is 1.55. The molecule has 0 spiro atoms. The average molecular weight is 422 g/mol. The van der Waals surface area contributed by atoms with Crippen LogP contribution in [0.15, 0.2) is 62.6 Å². The van der Waals surface area contributed by atoms with Crippen molar-refractivity contribution < 1.29 is 4.79 Å². The normalized spacial score (nSPS) is 17.5. The van der Waals surface area contributed by atoms with E-state index >= 15 is 0 Å². The van der Waals surface area contributed by atoms with E-state index in [1.807, 2.05) is 48.5 Å². The molecule has 2 aromatic carbocycles. The Bertz CT molecular complexity index is 741. The van der Waals surface area contributed by atoms with Gasteiger partial charge >= 0.3 is 0 Å². The maximum atomic E-state index is 11.9. The van der Waals surface area contributed by atoms with Crippen molar-refractivity contribution in [2.24, 2.45) is 5.10 Å². The molecule has 0 saturated carbocycles. The summed E-state index contributed by atoms with van der Waals surface area (Å²) in [5.41, 5.74) is 3.07. The van der Waals surface area contributed by atoms with Crippen molar-refractivity contribution in [3.05, 3.63) is 68.6 Å². The third-order valence-corrected chi connectivity index (χ3v) is 4.67. The van der Waals surface area contributed by atoms with Crippen molar-refractivity contribution in [1.82, 2.24) is 5.01 Å². The van der Waals surface area contributed by atoms with Gasteiger partial charge in [-0.1, -0.05) is 56.1 Å². The monoisotopic (exact) mass is 420 g/mol. The van der Waals surface area contributed by atoms with Crippen LogP contribution in [0.3, 0.4) is 0 Å². The molecule has 112 valence electrons. The van der Waals surface area contributed by atoms with Crippen molar-refractivity contribution in [1.29, 1.82) is 0 Å². The number of halogens is 2. The highest BCUT2D eigenvalue weighted by Gasteiger charge is 2.31. The van der Waals surface area contributed by atoms with E-state index in [4.69, 9.17) is 0 Å². The Labute approximate surface area is 146 Å². The van der Waals surface area contributed by atoms with Gasteiger partial charge in [-0.15, -0.1) is 0 Å². The van der Waals surface area contributed by atoms with E-state index in [0.29, 0.717) is 0 Å². The Kier molecular flexibility index (Phi) is 4.45. The number of benzene rings is 2. The maximum absolute atomic E-state index is 11.9. The van der Waals surface area contributed by atoms with Gasteiger partial charge in [0, 0.05) is 22.3 Å². The molecule has 2 aromatic rings. The molecule has 0 N–H and O–H groups in total. The van der Waals surface area contributed by atoms with Gasteiger partial charge in [-0.2, -0.15) is 5.10 Å². The Morgan fingerprint density at radius 3 is 2.50 bits per heavy atom. The van der Waals surface area contributed by atoms with Gasteiger partial charge in [-0.05, 0) is 35.4 Å². The molecule has 1 aliphatic heterocycles. The lowest BCUT2D eigenvalue weighted by Gasteiger charge is -2.20. The summed E-state index contributed by atoms with van der Waals surface area (Å²) in [6.07, 6.45) is 0.720. The first-order valence-corrected chi connectivity index (χ1v) is 8.52. The first-order chi connectivity index (χ1) is 10.5. The minimum absolute atomic E-state index is 0.0444. The van der Waals surface area contributed by atoms with Gasteiger partial charge in [0.15, 0.2) is 0 Å². The third kappa shape index (κ3) is 3.15. The summed E-state index contributed by atoms with van der Waals surface area (Å²) in [7, 11) is 0. The molecule has 22 heavy (non-hydrogen) atoms. The molecule has 5 heteroatoms. The van der Waals surface area contributed by atoms with Crippen LogP contribution in [0.1, 0.15) is 30.5 Å². The molecule has 1 heterocycles. The lowest BCUT2D eigenvalue weighted by molar-refractivity contribution is -0.130. The Morgan fingerprint density at radius 2 is 1.86 bits per heavy atom. The van der Waals surface area contributed by atoms with Crippen molar-refractivity contribution in [3.63, 3.8) is 0 Å². The molecular formula is C17H14Br2N2O. The lowest BCUT2D eigenvalue weighted by atomic mass is 9.98. The number of rotatable bonds is 2. The Balaban J connectivity index is 1.94. The Morgan fingerprint density at radius 1 is 1.14 bits per heavy atom. The summed E-state index contributed by atoms with van der Waals surface area (Å²) in [6, 6.07) is 16.0. The first kappa shape index (κ1) is 15.4. The zero-order valence-corrected chi connectivity index (χ0v) is 15.1. The van der Waals surface area contributed by atoms with E-state index in [0.717, 1.165) is 32.2 Å². The minimum Gasteiger partial charge on any atom is -0.273 e. The molecule has 0 radical (unpaired) electrons. The molecule has 0 fully saturated rings. The summed E-state index contributed by atoms with van der Waals surface area (Å²) < 4.78 is 2.03. The van der Waals surface area contributed by atoms with E-state index in [1.165, 1.54) is 0 Å². The molecule has 0 bridgehead atoms. The van der Waals surface area contributed by atoms with E-state index < -0.39 is 0 Å². The van der Waals surface area contributed by atoms with E-state index in [9.17, 15) is 4.79 Å². The fraction of sp³-hybridized carbons (Fsp3) is 0.176. The standard InChI is InChI=1S/C17H14Br2N2O/c1-11(22)21-17(13-3-2-4-15(19)9-13)10-16(20-21)12-5-7-14(18)8-6-12/h2-9,17H,10H2,1H3/t17-/m0/s1. The number of nitrogens with zero attached hydrogens (tertiary/aromatic N) is 2.